The van der Waals surface area contributed by atoms with Gasteiger partial charge in [-0.2, -0.15) is 4.98 Å². The van der Waals surface area contributed by atoms with E-state index in [1.165, 1.54) is 0 Å². The van der Waals surface area contributed by atoms with E-state index in [1.807, 2.05) is 18.2 Å². The average Bonchev–Trinajstić information content (AvgIpc) is 3.18. The molecule has 2 aliphatic rings. The lowest BCUT2D eigenvalue weighted by molar-refractivity contribution is 0.0811. The number of nitrogens with two attached hydrogens (primary N) is 1. The Labute approximate surface area is 152 Å². The van der Waals surface area contributed by atoms with Crippen LogP contribution in [0.5, 0.6) is 11.5 Å². The van der Waals surface area contributed by atoms with Crippen LogP contribution in [0, 0.1) is 5.41 Å². The molecule has 1 aromatic heterocycles. The van der Waals surface area contributed by atoms with Gasteiger partial charge in [-0.1, -0.05) is 19.0 Å². The van der Waals surface area contributed by atoms with Crippen molar-refractivity contribution < 1.29 is 14.0 Å². The van der Waals surface area contributed by atoms with Gasteiger partial charge in [0.2, 0.25) is 18.5 Å². The Bertz CT molecular complexity index is 749. The Morgan fingerprint density at radius 1 is 1.28 bits per heavy atom. The maximum atomic E-state index is 6.19. The maximum Gasteiger partial charge on any atom is 0.241 e. The molecule has 2 N–H and O–H groups in total. The zero-order chi connectivity index (χ0) is 16.7. The molecule has 0 bridgehead atoms. The van der Waals surface area contributed by atoms with Crippen LogP contribution < -0.4 is 15.2 Å². The van der Waals surface area contributed by atoms with Gasteiger partial charge in [0.1, 0.15) is 0 Å². The van der Waals surface area contributed by atoms with E-state index in [-0.39, 0.29) is 30.7 Å². The van der Waals surface area contributed by atoms with E-state index < -0.39 is 0 Å². The lowest BCUT2D eigenvalue weighted by atomic mass is 9.80. The fourth-order valence-corrected chi connectivity index (χ4v) is 3.28. The molecule has 4 rings (SSSR count). The zero-order valence-corrected chi connectivity index (χ0v) is 15.2. The van der Waals surface area contributed by atoms with E-state index in [9.17, 15) is 0 Å². The Morgan fingerprint density at radius 2 is 2.08 bits per heavy atom. The topological polar surface area (TPSA) is 86.6 Å². The van der Waals surface area contributed by atoms with E-state index in [4.69, 9.17) is 19.7 Å². The van der Waals surface area contributed by atoms with Crippen molar-refractivity contribution in [1.82, 2.24) is 15.0 Å². The molecule has 0 aliphatic carbocycles. The molecule has 136 valence electrons. The van der Waals surface area contributed by atoms with Crippen LogP contribution in [0.3, 0.4) is 0 Å². The highest BCUT2D eigenvalue weighted by atomic mass is 35.5. The Morgan fingerprint density at radius 3 is 2.88 bits per heavy atom. The van der Waals surface area contributed by atoms with Gasteiger partial charge in [0.15, 0.2) is 11.5 Å². The predicted molar refractivity (Wildman–Crippen MR) is 94.8 cm³/mol. The van der Waals surface area contributed by atoms with Gasteiger partial charge in [0, 0.05) is 24.7 Å². The van der Waals surface area contributed by atoms with Crippen LogP contribution in [0.25, 0.3) is 11.4 Å². The number of benzene rings is 1. The van der Waals surface area contributed by atoms with E-state index in [2.05, 4.69) is 28.9 Å². The van der Waals surface area contributed by atoms with E-state index >= 15 is 0 Å². The molecule has 2 aromatic rings. The molecule has 3 heterocycles. The van der Waals surface area contributed by atoms with Crippen LogP contribution in [-0.2, 0) is 6.54 Å². The van der Waals surface area contributed by atoms with Crippen molar-refractivity contribution in [1.29, 1.82) is 0 Å². The standard InChI is InChI=1S/C17H22N4O3.ClH/c1-17(2)9-21(6-5-14(17)18)8-15-19-16(20-24-15)11-3-4-12-13(7-11)23-10-22-12;/h3-4,7,14H,5-6,8-10,18H2,1-2H3;1H. The first-order chi connectivity index (χ1) is 11.5. The number of likely N-dealkylation sites (tertiary alicyclic amines) is 1. The third-order valence-corrected chi connectivity index (χ3v) is 4.85. The Hall–Kier alpha value is -1.83. The van der Waals surface area contributed by atoms with Crippen molar-refractivity contribution in [3.63, 3.8) is 0 Å². The minimum Gasteiger partial charge on any atom is -0.454 e. The normalized spacial score (nSPS) is 21.8. The largest absolute Gasteiger partial charge is 0.454 e. The first-order valence-electron chi connectivity index (χ1n) is 8.22. The molecule has 1 fully saturated rings. The summed E-state index contributed by atoms with van der Waals surface area (Å²) >= 11 is 0. The molecule has 0 spiro atoms. The quantitative estimate of drug-likeness (QED) is 0.892. The molecular weight excluding hydrogens is 344 g/mol. The van der Waals surface area contributed by atoms with Crippen molar-refractivity contribution in [3.8, 4) is 22.9 Å². The fraction of sp³-hybridized carbons (Fsp3) is 0.529. The Balaban J connectivity index is 0.00000182. The summed E-state index contributed by atoms with van der Waals surface area (Å²) < 4.78 is 16.1. The van der Waals surface area contributed by atoms with Crippen LogP contribution in [0.1, 0.15) is 26.2 Å². The van der Waals surface area contributed by atoms with Gasteiger partial charge >= 0.3 is 0 Å². The first-order valence-corrected chi connectivity index (χ1v) is 8.22. The molecule has 0 amide bonds. The molecule has 25 heavy (non-hydrogen) atoms. The van der Waals surface area contributed by atoms with Crippen LogP contribution in [0.15, 0.2) is 22.7 Å². The summed E-state index contributed by atoms with van der Waals surface area (Å²) in [5.74, 6) is 2.64. The molecule has 1 unspecified atom stereocenters. The highest BCUT2D eigenvalue weighted by Gasteiger charge is 2.33. The molecule has 1 atom stereocenters. The van der Waals surface area contributed by atoms with Crippen molar-refractivity contribution in [2.24, 2.45) is 11.1 Å². The van der Waals surface area contributed by atoms with Gasteiger partial charge in [-0.05, 0) is 30.0 Å². The molecule has 8 heteroatoms. The summed E-state index contributed by atoms with van der Waals surface area (Å²) in [7, 11) is 0. The molecule has 0 saturated carbocycles. The summed E-state index contributed by atoms with van der Waals surface area (Å²) in [6.45, 7) is 7.18. The first kappa shape index (κ1) is 18.0. The average molecular weight is 367 g/mol. The number of hydrogen-bond acceptors (Lipinski definition) is 7. The van der Waals surface area contributed by atoms with Crippen LogP contribution >= 0.6 is 12.4 Å². The van der Waals surface area contributed by atoms with Crippen molar-refractivity contribution in [2.75, 3.05) is 19.9 Å². The molecular formula is C17H23ClN4O3. The number of aromatic nitrogens is 2. The third kappa shape index (κ3) is 3.58. The number of hydrogen-bond donors (Lipinski definition) is 1. The number of piperidine rings is 1. The van der Waals surface area contributed by atoms with Gasteiger partial charge in [0.25, 0.3) is 0 Å². The second-order valence-electron chi connectivity index (χ2n) is 7.17. The van der Waals surface area contributed by atoms with Gasteiger partial charge in [-0.3, -0.25) is 4.90 Å². The van der Waals surface area contributed by atoms with E-state index in [1.54, 1.807) is 0 Å². The minimum absolute atomic E-state index is 0. The highest BCUT2D eigenvalue weighted by Crippen LogP contribution is 2.35. The lowest BCUT2D eigenvalue weighted by Crippen LogP contribution is -2.52. The minimum atomic E-state index is 0. The highest BCUT2D eigenvalue weighted by molar-refractivity contribution is 5.85. The van der Waals surface area contributed by atoms with Gasteiger partial charge < -0.3 is 19.7 Å². The van der Waals surface area contributed by atoms with Gasteiger partial charge in [0.05, 0.1) is 6.54 Å². The van der Waals surface area contributed by atoms with Crippen molar-refractivity contribution >= 4 is 12.4 Å². The predicted octanol–water partition coefficient (Wildman–Crippen LogP) is 2.45. The van der Waals surface area contributed by atoms with E-state index in [0.29, 0.717) is 24.0 Å². The number of halogens is 1. The lowest BCUT2D eigenvalue weighted by Gasteiger charge is -2.42. The third-order valence-electron chi connectivity index (χ3n) is 4.85. The summed E-state index contributed by atoms with van der Waals surface area (Å²) in [4.78, 5) is 6.84. The summed E-state index contributed by atoms with van der Waals surface area (Å²) in [5, 5.41) is 4.09. The van der Waals surface area contributed by atoms with Crippen LogP contribution in [0.2, 0.25) is 0 Å². The number of rotatable bonds is 3. The maximum absolute atomic E-state index is 6.19. The zero-order valence-electron chi connectivity index (χ0n) is 14.4. The number of fused-ring (bicyclic) bond motifs is 1. The number of ether oxygens (including phenoxy) is 2. The van der Waals surface area contributed by atoms with Crippen LogP contribution in [-0.4, -0.2) is 41.0 Å². The van der Waals surface area contributed by atoms with E-state index in [0.717, 1.165) is 30.8 Å². The molecule has 0 radical (unpaired) electrons. The second kappa shape index (κ2) is 6.82. The summed E-state index contributed by atoms with van der Waals surface area (Å²) in [6.07, 6.45) is 0.982. The molecule has 1 aromatic carbocycles. The van der Waals surface area contributed by atoms with Gasteiger partial charge in [-0.25, -0.2) is 0 Å². The summed E-state index contributed by atoms with van der Waals surface area (Å²) in [5.41, 5.74) is 7.15. The fourth-order valence-electron chi connectivity index (χ4n) is 3.28. The molecule has 1 saturated heterocycles. The monoisotopic (exact) mass is 366 g/mol. The van der Waals surface area contributed by atoms with Crippen molar-refractivity contribution in [2.45, 2.75) is 32.9 Å². The molecule has 2 aliphatic heterocycles. The van der Waals surface area contributed by atoms with Gasteiger partial charge in [-0.15, -0.1) is 12.4 Å². The SMILES string of the molecule is CC1(C)CN(Cc2nc(-c3ccc4c(c3)OCO4)no2)CCC1N.Cl. The van der Waals surface area contributed by atoms with Crippen LogP contribution in [0.4, 0.5) is 0 Å². The Kier molecular flexibility index (Phi) is 4.90. The number of nitrogens with zero attached hydrogens (tertiary/aromatic N) is 3. The summed E-state index contributed by atoms with van der Waals surface area (Å²) in [6, 6.07) is 5.88. The van der Waals surface area contributed by atoms with Crippen molar-refractivity contribution in [3.05, 3.63) is 24.1 Å². The smallest absolute Gasteiger partial charge is 0.241 e. The second-order valence-corrected chi connectivity index (χ2v) is 7.17. The molecule has 7 nitrogen and oxygen atoms in total.